The van der Waals surface area contributed by atoms with Crippen LogP contribution in [-0.4, -0.2) is 59.7 Å². The summed E-state index contributed by atoms with van der Waals surface area (Å²) < 4.78 is 5.31. The normalized spacial score (nSPS) is 15.5. The number of aliphatic carboxylic acids is 1. The first-order valence-corrected chi connectivity index (χ1v) is 8.77. The van der Waals surface area contributed by atoms with E-state index in [4.69, 9.17) is 9.84 Å². The molecule has 0 saturated carbocycles. The van der Waals surface area contributed by atoms with E-state index in [0.717, 1.165) is 50.7 Å². The third-order valence-corrected chi connectivity index (χ3v) is 4.43. The van der Waals surface area contributed by atoms with Crippen molar-refractivity contribution < 1.29 is 19.4 Å². The molecule has 1 aliphatic heterocycles. The second-order valence-electron chi connectivity index (χ2n) is 5.48. The molecule has 1 aromatic rings. The van der Waals surface area contributed by atoms with Gasteiger partial charge in [0.2, 0.25) is 0 Å². The molecule has 128 valence electrons. The molecule has 2 heterocycles. The van der Waals surface area contributed by atoms with Crippen molar-refractivity contribution in [2.45, 2.75) is 32.2 Å². The van der Waals surface area contributed by atoms with Crippen molar-refractivity contribution >= 4 is 23.2 Å². The predicted octanol–water partition coefficient (Wildman–Crippen LogP) is 1.35. The average molecular weight is 341 g/mol. The van der Waals surface area contributed by atoms with Crippen LogP contribution in [-0.2, 0) is 16.1 Å². The number of amides is 1. The fourth-order valence-corrected chi connectivity index (χ4v) is 3.12. The molecule has 0 unspecified atom stereocenters. The van der Waals surface area contributed by atoms with Gasteiger partial charge in [-0.25, -0.2) is 4.98 Å². The number of nitrogens with one attached hydrogen (secondary N) is 1. The lowest BCUT2D eigenvalue weighted by Gasteiger charge is -2.25. The first-order chi connectivity index (χ1) is 11.1. The Balaban J connectivity index is 1.65. The van der Waals surface area contributed by atoms with Crippen molar-refractivity contribution in [1.82, 2.24) is 15.2 Å². The lowest BCUT2D eigenvalue weighted by molar-refractivity contribution is -0.137. The highest BCUT2D eigenvalue weighted by atomic mass is 32.1. The van der Waals surface area contributed by atoms with E-state index in [-0.39, 0.29) is 12.3 Å². The van der Waals surface area contributed by atoms with E-state index in [1.165, 1.54) is 11.3 Å². The number of thiazole rings is 1. The van der Waals surface area contributed by atoms with Gasteiger partial charge in [-0.15, -0.1) is 11.3 Å². The molecule has 0 spiro atoms. The molecule has 0 atom stereocenters. The van der Waals surface area contributed by atoms with Crippen molar-refractivity contribution in [3.8, 4) is 0 Å². The number of carbonyl (C=O) groups is 2. The lowest BCUT2D eigenvalue weighted by atomic mass is 10.2. The molecule has 0 aromatic carbocycles. The summed E-state index contributed by atoms with van der Waals surface area (Å²) in [6, 6.07) is 0. The molecule has 1 aromatic heterocycles. The molecule has 1 saturated heterocycles. The SMILES string of the molecule is O=C(O)CCCCCNC(=O)c1csc(CN2CCOCC2)n1. The first-order valence-electron chi connectivity index (χ1n) is 7.89. The van der Waals surface area contributed by atoms with Crippen LogP contribution in [0.2, 0.25) is 0 Å². The molecule has 1 aliphatic rings. The van der Waals surface area contributed by atoms with Crippen LogP contribution in [0, 0.1) is 0 Å². The average Bonchev–Trinajstić information content (AvgIpc) is 3.00. The van der Waals surface area contributed by atoms with Crippen LogP contribution in [0.5, 0.6) is 0 Å². The van der Waals surface area contributed by atoms with E-state index in [2.05, 4.69) is 15.2 Å². The second kappa shape index (κ2) is 9.59. The zero-order chi connectivity index (χ0) is 16.5. The summed E-state index contributed by atoms with van der Waals surface area (Å²) >= 11 is 1.50. The van der Waals surface area contributed by atoms with Crippen molar-refractivity contribution in [3.63, 3.8) is 0 Å². The molecule has 2 N–H and O–H groups in total. The number of hydrogen-bond donors (Lipinski definition) is 2. The Kier molecular flexibility index (Phi) is 7.44. The van der Waals surface area contributed by atoms with Crippen LogP contribution in [0.3, 0.4) is 0 Å². The van der Waals surface area contributed by atoms with Crippen LogP contribution in [0.25, 0.3) is 0 Å². The maximum Gasteiger partial charge on any atom is 0.303 e. The largest absolute Gasteiger partial charge is 0.481 e. The number of rotatable bonds is 9. The van der Waals surface area contributed by atoms with E-state index >= 15 is 0 Å². The monoisotopic (exact) mass is 341 g/mol. The molecule has 0 radical (unpaired) electrons. The van der Waals surface area contributed by atoms with Gasteiger partial charge in [-0.05, 0) is 12.8 Å². The first kappa shape index (κ1) is 17.8. The Bertz CT molecular complexity index is 515. The molecule has 1 amide bonds. The minimum Gasteiger partial charge on any atom is -0.481 e. The third-order valence-electron chi connectivity index (χ3n) is 3.60. The maximum atomic E-state index is 12.0. The van der Waals surface area contributed by atoms with Gasteiger partial charge in [0, 0.05) is 31.4 Å². The van der Waals surface area contributed by atoms with E-state index in [0.29, 0.717) is 18.7 Å². The van der Waals surface area contributed by atoms with Gasteiger partial charge in [0.15, 0.2) is 0 Å². The Labute approximate surface area is 139 Å². The minimum atomic E-state index is -0.774. The minimum absolute atomic E-state index is 0.160. The number of hydrogen-bond acceptors (Lipinski definition) is 6. The van der Waals surface area contributed by atoms with Gasteiger partial charge in [0.25, 0.3) is 5.91 Å². The lowest BCUT2D eigenvalue weighted by Crippen LogP contribution is -2.35. The Morgan fingerprint density at radius 3 is 2.83 bits per heavy atom. The molecule has 8 heteroatoms. The molecule has 0 bridgehead atoms. The highest BCUT2D eigenvalue weighted by Gasteiger charge is 2.15. The molecule has 23 heavy (non-hydrogen) atoms. The number of nitrogens with zero attached hydrogens (tertiary/aromatic N) is 2. The van der Waals surface area contributed by atoms with Crippen LogP contribution in [0.15, 0.2) is 5.38 Å². The summed E-state index contributed by atoms with van der Waals surface area (Å²) in [7, 11) is 0. The Hall–Kier alpha value is -1.51. The van der Waals surface area contributed by atoms with Gasteiger partial charge in [-0.3, -0.25) is 14.5 Å². The molecular formula is C15H23N3O4S. The third kappa shape index (κ3) is 6.64. The topological polar surface area (TPSA) is 91.8 Å². The van der Waals surface area contributed by atoms with Crippen LogP contribution in [0.4, 0.5) is 0 Å². The van der Waals surface area contributed by atoms with Crippen molar-refractivity contribution in [1.29, 1.82) is 0 Å². The Morgan fingerprint density at radius 1 is 1.30 bits per heavy atom. The molecule has 0 aliphatic carbocycles. The van der Waals surface area contributed by atoms with Crippen LogP contribution >= 0.6 is 11.3 Å². The predicted molar refractivity (Wildman–Crippen MR) is 86.6 cm³/mol. The zero-order valence-corrected chi connectivity index (χ0v) is 13.9. The van der Waals surface area contributed by atoms with Crippen molar-refractivity contribution in [2.75, 3.05) is 32.8 Å². The van der Waals surface area contributed by atoms with Gasteiger partial charge in [0.1, 0.15) is 10.7 Å². The van der Waals surface area contributed by atoms with Gasteiger partial charge in [-0.1, -0.05) is 6.42 Å². The van der Waals surface area contributed by atoms with Gasteiger partial charge >= 0.3 is 5.97 Å². The highest BCUT2D eigenvalue weighted by molar-refractivity contribution is 7.09. The summed E-state index contributed by atoms with van der Waals surface area (Å²) in [5.41, 5.74) is 0.462. The fourth-order valence-electron chi connectivity index (χ4n) is 2.31. The van der Waals surface area contributed by atoms with Crippen molar-refractivity contribution in [2.24, 2.45) is 0 Å². The number of carboxylic acids is 1. The van der Waals surface area contributed by atoms with Gasteiger partial charge < -0.3 is 15.2 Å². The number of aromatic nitrogens is 1. The zero-order valence-electron chi connectivity index (χ0n) is 13.1. The number of ether oxygens (including phenoxy) is 1. The molecule has 1 fully saturated rings. The highest BCUT2D eigenvalue weighted by Crippen LogP contribution is 2.13. The quantitative estimate of drug-likeness (QED) is 0.659. The summed E-state index contributed by atoms with van der Waals surface area (Å²) in [6.45, 7) is 4.61. The molecular weight excluding hydrogens is 318 g/mol. The Morgan fingerprint density at radius 2 is 2.09 bits per heavy atom. The van der Waals surface area contributed by atoms with Gasteiger partial charge in [0.05, 0.1) is 19.8 Å². The van der Waals surface area contributed by atoms with E-state index < -0.39 is 5.97 Å². The molecule has 7 nitrogen and oxygen atoms in total. The summed E-state index contributed by atoms with van der Waals surface area (Å²) in [5, 5.41) is 14.1. The smallest absolute Gasteiger partial charge is 0.303 e. The van der Waals surface area contributed by atoms with Crippen LogP contribution < -0.4 is 5.32 Å². The van der Waals surface area contributed by atoms with Crippen LogP contribution in [0.1, 0.15) is 41.2 Å². The number of carboxylic acid groups (broad SMARTS) is 1. The molecule has 2 rings (SSSR count). The summed E-state index contributed by atoms with van der Waals surface area (Å²) in [6.07, 6.45) is 2.41. The summed E-state index contributed by atoms with van der Waals surface area (Å²) in [4.78, 5) is 29.0. The second-order valence-corrected chi connectivity index (χ2v) is 6.42. The van der Waals surface area contributed by atoms with E-state index in [1.807, 2.05) is 0 Å². The standard InChI is InChI=1S/C15H23N3O4S/c19-14(20)4-2-1-3-5-16-15(21)12-11-23-13(17-12)10-18-6-8-22-9-7-18/h11H,1-10H2,(H,16,21)(H,19,20). The van der Waals surface area contributed by atoms with E-state index in [1.54, 1.807) is 5.38 Å². The number of carbonyl (C=O) groups excluding carboxylic acids is 1. The van der Waals surface area contributed by atoms with Crippen molar-refractivity contribution in [3.05, 3.63) is 16.1 Å². The number of morpholine rings is 1. The fraction of sp³-hybridized carbons (Fsp3) is 0.667. The van der Waals surface area contributed by atoms with E-state index in [9.17, 15) is 9.59 Å². The maximum absolute atomic E-state index is 12.0. The van der Waals surface area contributed by atoms with Gasteiger partial charge in [-0.2, -0.15) is 0 Å². The summed E-state index contributed by atoms with van der Waals surface area (Å²) in [5.74, 6) is -0.933. The number of unbranched alkanes of at least 4 members (excludes halogenated alkanes) is 2.